The monoisotopic (exact) mass is 399 g/mol. The van der Waals surface area contributed by atoms with Gasteiger partial charge in [-0.25, -0.2) is 0 Å². The maximum atomic E-state index is 12.5. The van der Waals surface area contributed by atoms with E-state index in [1.807, 2.05) is 35.2 Å². The molecule has 2 saturated heterocycles. The summed E-state index contributed by atoms with van der Waals surface area (Å²) in [4.78, 5) is 40.7. The summed E-state index contributed by atoms with van der Waals surface area (Å²) in [6, 6.07) is 16.3. The van der Waals surface area contributed by atoms with Gasteiger partial charge in [0, 0.05) is 29.5 Å². The van der Waals surface area contributed by atoms with Gasteiger partial charge in [0.15, 0.2) is 6.29 Å². The first-order valence-corrected chi connectivity index (χ1v) is 9.16. The van der Waals surface area contributed by atoms with Crippen LogP contribution in [-0.4, -0.2) is 53.6 Å². The third-order valence-corrected chi connectivity index (χ3v) is 4.87. The van der Waals surface area contributed by atoms with Gasteiger partial charge < -0.3 is 10.2 Å². The average Bonchev–Trinajstić information content (AvgIpc) is 3.10. The Balaban J connectivity index is 1.48. The van der Waals surface area contributed by atoms with Crippen molar-refractivity contribution in [2.45, 2.75) is 6.29 Å². The molecule has 0 saturated carbocycles. The van der Waals surface area contributed by atoms with Crippen molar-refractivity contribution in [2.75, 3.05) is 29.9 Å². The molecule has 2 aromatic carbocycles. The standard InChI is InChI=1S/C19H18ClN5O3/c20-13-5-4-6-14(11-13)21-16(26)12-25-18(28)17(27)24-10-9-23(19(24)22-25)15-7-2-1-3-8-15/h1-8,11,19,22H,9-10,12H2,(H,21,26). The number of anilines is 2. The first-order chi connectivity index (χ1) is 13.5. The molecule has 1 unspecified atom stereocenters. The third kappa shape index (κ3) is 3.51. The van der Waals surface area contributed by atoms with E-state index in [9.17, 15) is 14.4 Å². The lowest BCUT2D eigenvalue weighted by molar-refractivity contribution is -0.163. The summed E-state index contributed by atoms with van der Waals surface area (Å²) < 4.78 is 0. The molecule has 4 rings (SSSR count). The topological polar surface area (TPSA) is 85.0 Å². The van der Waals surface area contributed by atoms with E-state index in [1.54, 1.807) is 24.3 Å². The Hall–Kier alpha value is -3.10. The van der Waals surface area contributed by atoms with Gasteiger partial charge in [-0.3, -0.25) is 24.3 Å². The van der Waals surface area contributed by atoms with Crippen LogP contribution in [-0.2, 0) is 14.4 Å². The molecule has 0 aromatic heterocycles. The van der Waals surface area contributed by atoms with Gasteiger partial charge in [0.2, 0.25) is 5.91 Å². The molecule has 2 N–H and O–H groups in total. The van der Waals surface area contributed by atoms with Crippen LogP contribution in [0.3, 0.4) is 0 Å². The Labute approximate surface area is 166 Å². The zero-order chi connectivity index (χ0) is 19.7. The van der Waals surface area contributed by atoms with Crippen molar-refractivity contribution in [1.29, 1.82) is 0 Å². The maximum Gasteiger partial charge on any atom is 0.326 e. The summed E-state index contributed by atoms with van der Waals surface area (Å²) in [6.07, 6.45) is -0.522. The number of nitrogens with one attached hydrogen (secondary N) is 2. The van der Waals surface area contributed by atoms with Crippen LogP contribution in [0.25, 0.3) is 0 Å². The Bertz CT molecular complexity index is 923. The fraction of sp³-hybridized carbons (Fsp3) is 0.211. The summed E-state index contributed by atoms with van der Waals surface area (Å²) in [6.45, 7) is 0.715. The second-order valence-electron chi connectivity index (χ2n) is 6.48. The number of carbonyl (C=O) groups is 3. The maximum absolute atomic E-state index is 12.5. The minimum Gasteiger partial charge on any atom is -0.336 e. The van der Waals surface area contributed by atoms with Crippen LogP contribution in [0.4, 0.5) is 11.4 Å². The number of hydrogen-bond acceptors (Lipinski definition) is 5. The SMILES string of the molecule is O=C(CN1NC2N(CCN2c2ccccc2)C(=O)C1=O)Nc1cccc(Cl)c1. The predicted octanol–water partition coefficient (Wildman–Crippen LogP) is 1.26. The molecule has 28 heavy (non-hydrogen) atoms. The molecule has 2 aliphatic heterocycles. The molecular formula is C19H18ClN5O3. The minimum atomic E-state index is -0.757. The zero-order valence-electron chi connectivity index (χ0n) is 14.8. The van der Waals surface area contributed by atoms with Gasteiger partial charge in [-0.1, -0.05) is 35.9 Å². The molecule has 0 spiro atoms. The molecule has 2 fully saturated rings. The Morgan fingerprint density at radius 1 is 1.04 bits per heavy atom. The molecule has 8 nitrogen and oxygen atoms in total. The lowest BCUT2D eigenvalue weighted by Gasteiger charge is -2.40. The van der Waals surface area contributed by atoms with Crippen LogP contribution in [0, 0.1) is 0 Å². The van der Waals surface area contributed by atoms with Gasteiger partial charge in [0.25, 0.3) is 0 Å². The summed E-state index contributed by atoms with van der Waals surface area (Å²) in [5, 5.41) is 4.22. The van der Waals surface area contributed by atoms with Crippen molar-refractivity contribution in [3.8, 4) is 0 Å². The first kappa shape index (κ1) is 18.3. The number of halogens is 1. The van der Waals surface area contributed by atoms with Gasteiger partial charge >= 0.3 is 11.8 Å². The van der Waals surface area contributed by atoms with E-state index in [0.29, 0.717) is 23.8 Å². The second kappa shape index (κ2) is 7.49. The van der Waals surface area contributed by atoms with Gasteiger partial charge in [-0.05, 0) is 30.3 Å². The minimum absolute atomic E-state index is 0.302. The number of para-hydroxylation sites is 1. The molecule has 3 amide bonds. The van der Waals surface area contributed by atoms with Crippen LogP contribution in [0.5, 0.6) is 0 Å². The van der Waals surface area contributed by atoms with Crippen LogP contribution < -0.4 is 15.6 Å². The zero-order valence-corrected chi connectivity index (χ0v) is 15.6. The van der Waals surface area contributed by atoms with E-state index in [-0.39, 0.29) is 6.54 Å². The lowest BCUT2D eigenvalue weighted by atomic mass is 10.3. The molecule has 0 aliphatic carbocycles. The van der Waals surface area contributed by atoms with Crippen molar-refractivity contribution in [3.63, 3.8) is 0 Å². The average molecular weight is 400 g/mol. The van der Waals surface area contributed by atoms with Crippen LogP contribution in [0.15, 0.2) is 54.6 Å². The molecular weight excluding hydrogens is 382 g/mol. The number of nitrogens with zero attached hydrogens (tertiary/aromatic N) is 3. The van der Waals surface area contributed by atoms with Gasteiger partial charge in [0.1, 0.15) is 6.54 Å². The van der Waals surface area contributed by atoms with Crippen molar-refractivity contribution in [2.24, 2.45) is 0 Å². The van der Waals surface area contributed by atoms with E-state index >= 15 is 0 Å². The number of amides is 3. The second-order valence-corrected chi connectivity index (χ2v) is 6.92. The number of fused-ring (bicyclic) bond motifs is 1. The van der Waals surface area contributed by atoms with Crippen LogP contribution in [0.1, 0.15) is 0 Å². The van der Waals surface area contributed by atoms with Crippen molar-refractivity contribution < 1.29 is 14.4 Å². The fourth-order valence-corrected chi connectivity index (χ4v) is 3.52. The normalized spacial score (nSPS) is 19.0. The molecule has 144 valence electrons. The number of rotatable bonds is 4. The van der Waals surface area contributed by atoms with Gasteiger partial charge in [0.05, 0.1) is 0 Å². The van der Waals surface area contributed by atoms with E-state index in [2.05, 4.69) is 10.7 Å². The molecule has 2 aliphatic rings. The number of hydrogen-bond donors (Lipinski definition) is 2. The molecule has 2 aromatic rings. The highest BCUT2D eigenvalue weighted by Crippen LogP contribution is 2.24. The predicted molar refractivity (Wildman–Crippen MR) is 104 cm³/mol. The van der Waals surface area contributed by atoms with Gasteiger partial charge in [-0.2, -0.15) is 5.43 Å². The number of carbonyl (C=O) groups excluding carboxylic acids is 3. The van der Waals surface area contributed by atoms with Crippen LogP contribution >= 0.6 is 11.6 Å². The largest absolute Gasteiger partial charge is 0.336 e. The van der Waals surface area contributed by atoms with E-state index < -0.39 is 24.0 Å². The van der Waals surface area contributed by atoms with E-state index in [4.69, 9.17) is 11.6 Å². The first-order valence-electron chi connectivity index (χ1n) is 8.79. The van der Waals surface area contributed by atoms with E-state index in [0.717, 1.165) is 10.7 Å². The summed E-state index contributed by atoms with van der Waals surface area (Å²) in [5.41, 5.74) is 4.44. The van der Waals surface area contributed by atoms with Crippen molar-refractivity contribution >= 4 is 40.7 Å². The molecule has 0 radical (unpaired) electrons. The van der Waals surface area contributed by atoms with Crippen LogP contribution in [0.2, 0.25) is 5.02 Å². The van der Waals surface area contributed by atoms with Gasteiger partial charge in [-0.15, -0.1) is 0 Å². The lowest BCUT2D eigenvalue weighted by Crippen LogP contribution is -2.68. The fourth-order valence-electron chi connectivity index (χ4n) is 3.33. The highest BCUT2D eigenvalue weighted by molar-refractivity contribution is 6.35. The quantitative estimate of drug-likeness (QED) is 0.756. The van der Waals surface area contributed by atoms with E-state index in [1.165, 1.54) is 4.90 Å². The Morgan fingerprint density at radius 2 is 1.79 bits per heavy atom. The summed E-state index contributed by atoms with van der Waals surface area (Å²) in [5.74, 6) is -1.82. The summed E-state index contributed by atoms with van der Waals surface area (Å²) >= 11 is 5.91. The molecule has 1 atom stereocenters. The Kier molecular flexibility index (Phi) is 4.89. The third-order valence-electron chi connectivity index (χ3n) is 4.63. The molecule has 0 bridgehead atoms. The smallest absolute Gasteiger partial charge is 0.326 e. The Morgan fingerprint density at radius 3 is 2.54 bits per heavy atom. The van der Waals surface area contributed by atoms with Crippen molar-refractivity contribution in [3.05, 3.63) is 59.6 Å². The highest BCUT2D eigenvalue weighted by atomic mass is 35.5. The number of hydrazine groups is 1. The molecule has 2 heterocycles. The number of benzene rings is 2. The highest BCUT2D eigenvalue weighted by Gasteiger charge is 2.45. The summed E-state index contributed by atoms with van der Waals surface area (Å²) in [7, 11) is 0. The van der Waals surface area contributed by atoms with Crippen molar-refractivity contribution in [1.82, 2.24) is 15.3 Å². The molecule has 9 heteroatoms.